The summed E-state index contributed by atoms with van der Waals surface area (Å²) in [4.78, 5) is 2.41. The fourth-order valence-electron chi connectivity index (χ4n) is 1.02. The van der Waals surface area contributed by atoms with E-state index in [9.17, 15) is 17.2 Å². The van der Waals surface area contributed by atoms with E-state index in [1.54, 1.807) is 0 Å². The molecule has 0 saturated carbocycles. The second kappa shape index (κ2) is 3.78. The van der Waals surface area contributed by atoms with E-state index in [4.69, 9.17) is 22.1 Å². The van der Waals surface area contributed by atoms with Crippen LogP contribution in [0, 0.1) is 0 Å². The molecule has 0 unspecified atom stereocenters. The van der Waals surface area contributed by atoms with E-state index in [0.29, 0.717) is 0 Å². The van der Waals surface area contributed by atoms with Crippen molar-refractivity contribution in [1.82, 2.24) is 4.98 Å². The van der Waals surface area contributed by atoms with Gasteiger partial charge in [-0.15, -0.1) is 0 Å². The van der Waals surface area contributed by atoms with Crippen LogP contribution in [-0.2, 0) is 9.05 Å². The number of alkyl halides is 2. The third-order valence-corrected chi connectivity index (χ3v) is 2.97. The van der Waals surface area contributed by atoms with Gasteiger partial charge in [0.25, 0.3) is 15.5 Å². The van der Waals surface area contributed by atoms with Crippen LogP contribution in [0.5, 0.6) is 0 Å². The van der Waals surface area contributed by atoms with Crippen LogP contribution in [0.3, 0.4) is 0 Å². The van der Waals surface area contributed by atoms with Gasteiger partial charge in [-0.25, -0.2) is 22.2 Å². The van der Waals surface area contributed by atoms with Gasteiger partial charge >= 0.3 is 0 Å². The molecule has 1 aromatic heterocycles. The smallest absolute Gasteiger partial charge is 0.267 e. The van der Waals surface area contributed by atoms with Crippen molar-refractivity contribution in [2.45, 2.75) is 11.3 Å². The molecule has 0 aromatic carbocycles. The SMILES string of the molecule is Nc1cnc(N)c(S(=O)(=O)Cl)c1C(F)F. The van der Waals surface area contributed by atoms with Gasteiger partial charge in [0.1, 0.15) is 10.7 Å². The highest BCUT2D eigenvalue weighted by Crippen LogP contribution is 2.35. The lowest BCUT2D eigenvalue weighted by Crippen LogP contribution is -2.09. The lowest BCUT2D eigenvalue weighted by molar-refractivity contribution is 0.149. The van der Waals surface area contributed by atoms with E-state index >= 15 is 0 Å². The second-order valence-corrected chi connectivity index (χ2v) is 5.08. The largest absolute Gasteiger partial charge is 0.397 e. The summed E-state index contributed by atoms with van der Waals surface area (Å²) in [6, 6.07) is 0. The number of nitrogen functional groups attached to an aromatic ring is 2. The molecule has 1 aromatic rings. The van der Waals surface area contributed by atoms with E-state index in [2.05, 4.69) is 4.98 Å². The number of rotatable bonds is 2. The van der Waals surface area contributed by atoms with Crippen LogP contribution >= 0.6 is 10.7 Å². The first kappa shape index (κ1) is 11.9. The molecule has 0 atom stereocenters. The molecular formula is C6H6ClF2N3O2S. The van der Waals surface area contributed by atoms with Gasteiger partial charge in [0.2, 0.25) is 0 Å². The first-order valence-corrected chi connectivity index (χ1v) is 5.82. The normalized spacial score (nSPS) is 12.0. The summed E-state index contributed by atoms with van der Waals surface area (Å²) in [5.41, 5.74) is 8.92. The average molecular weight is 258 g/mol. The number of pyridine rings is 1. The van der Waals surface area contributed by atoms with Crippen molar-refractivity contribution in [3.05, 3.63) is 11.8 Å². The predicted molar refractivity (Wildman–Crippen MR) is 51.1 cm³/mol. The fourth-order valence-corrected chi connectivity index (χ4v) is 2.28. The monoisotopic (exact) mass is 257 g/mol. The molecular weight excluding hydrogens is 252 g/mol. The quantitative estimate of drug-likeness (QED) is 0.773. The highest BCUT2D eigenvalue weighted by molar-refractivity contribution is 8.13. The van der Waals surface area contributed by atoms with Gasteiger partial charge < -0.3 is 11.5 Å². The Bertz CT molecular complexity index is 491. The minimum atomic E-state index is -4.41. The van der Waals surface area contributed by atoms with Crippen molar-refractivity contribution in [3.63, 3.8) is 0 Å². The summed E-state index contributed by atoms with van der Waals surface area (Å²) in [5.74, 6) is -0.602. The molecule has 84 valence electrons. The van der Waals surface area contributed by atoms with Crippen LogP contribution in [0.25, 0.3) is 0 Å². The van der Waals surface area contributed by atoms with Gasteiger partial charge in [0.05, 0.1) is 17.4 Å². The van der Waals surface area contributed by atoms with Crippen molar-refractivity contribution >= 4 is 31.2 Å². The molecule has 0 aliphatic heterocycles. The molecule has 0 spiro atoms. The summed E-state index contributed by atoms with van der Waals surface area (Å²) < 4.78 is 47.0. The van der Waals surface area contributed by atoms with Gasteiger partial charge in [-0.05, 0) is 0 Å². The maximum Gasteiger partial charge on any atom is 0.267 e. The molecule has 9 heteroatoms. The Morgan fingerprint density at radius 1 is 1.40 bits per heavy atom. The van der Waals surface area contributed by atoms with Crippen molar-refractivity contribution in [1.29, 1.82) is 0 Å². The summed E-state index contributed by atoms with van der Waals surface area (Å²) >= 11 is 0. The van der Waals surface area contributed by atoms with E-state index in [-0.39, 0.29) is 0 Å². The van der Waals surface area contributed by atoms with Crippen molar-refractivity contribution < 1.29 is 17.2 Å². The molecule has 0 aliphatic rings. The lowest BCUT2D eigenvalue weighted by Gasteiger charge is -2.10. The zero-order valence-electron chi connectivity index (χ0n) is 7.12. The van der Waals surface area contributed by atoms with Crippen LogP contribution in [-0.4, -0.2) is 13.4 Å². The second-order valence-electron chi connectivity index (χ2n) is 2.58. The standard InChI is InChI=1S/C6H6ClF2N3O2S/c7-15(13,14)4-3(5(8)9)2(10)1-12-6(4)11/h1,5H,10H2,(H2,11,12). The minimum absolute atomic E-state index is 0.474. The third-order valence-electron chi connectivity index (χ3n) is 1.59. The first-order chi connectivity index (χ1) is 6.75. The molecule has 0 fully saturated rings. The van der Waals surface area contributed by atoms with Crippen molar-refractivity contribution in [2.24, 2.45) is 0 Å². The Morgan fingerprint density at radius 3 is 2.27 bits per heavy atom. The van der Waals surface area contributed by atoms with Crippen LogP contribution in [0.15, 0.2) is 11.1 Å². The highest BCUT2D eigenvalue weighted by Gasteiger charge is 2.27. The number of nitrogens with two attached hydrogens (primary N) is 2. The lowest BCUT2D eigenvalue weighted by atomic mass is 10.2. The number of aromatic nitrogens is 1. The Labute approximate surface area is 88.5 Å². The summed E-state index contributed by atoms with van der Waals surface area (Å²) in [5, 5.41) is 0. The Kier molecular flexibility index (Phi) is 3.00. The minimum Gasteiger partial charge on any atom is -0.397 e. The zero-order chi connectivity index (χ0) is 11.8. The van der Waals surface area contributed by atoms with Gasteiger partial charge in [0, 0.05) is 10.7 Å². The number of hydrogen-bond donors (Lipinski definition) is 2. The molecule has 1 rings (SSSR count). The third kappa shape index (κ3) is 2.26. The molecule has 0 saturated heterocycles. The Balaban J connectivity index is 3.68. The van der Waals surface area contributed by atoms with Gasteiger partial charge in [-0.2, -0.15) is 0 Å². The summed E-state index contributed by atoms with van der Waals surface area (Å²) in [7, 11) is 0.541. The van der Waals surface area contributed by atoms with E-state index in [1.807, 2.05) is 0 Å². The predicted octanol–water partition coefficient (Wildman–Crippen LogP) is 1.11. The number of anilines is 2. The molecule has 0 aliphatic carbocycles. The number of halogens is 3. The van der Waals surface area contributed by atoms with Gasteiger partial charge in [0.15, 0.2) is 0 Å². The Morgan fingerprint density at radius 2 is 1.93 bits per heavy atom. The van der Waals surface area contributed by atoms with Gasteiger partial charge in [-0.3, -0.25) is 0 Å². The molecule has 1 heterocycles. The molecule has 4 N–H and O–H groups in total. The first-order valence-electron chi connectivity index (χ1n) is 3.51. The van der Waals surface area contributed by atoms with E-state index in [0.717, 1.165) is 6.20 Å². The fraction of sp³-hybridized carbons (Fsp3) is 0.167. The topological polar surface area (TPSA) is 99.1 Å². The summed E-state index contributed by atoms with van der Waals surface area (Å²) in [6.07, 6.45) is -2.25. The molecule has 0 radical (unpaired) electrons. The van der Waals surface area contributed by atoms with Gasteiger partial charge in [-0.1, -0.05) is 0 Å². The van der Waals surface area contributed by atoms with E-state index < -0.39 is 37.4 Å². The van der Waals surface area contributed by atoms with Crippen molar-refractivity contribution in [3.8, 4) is 0 Å². The van der Waals surface area contributed by atoms with Crippen LogP contribution in [0.4, 0.5) is 20.3 Å². The number of hydrogen-bond acceptors (Lipinski definition) is 5. The number of nitrogens with zero attached hydrogens (tertiary/aromatic N) is 1. The maximum atomic E-state index is 12.5. The summed E-state index contributed by atoms with van der Waals surface area (Å²) in [6.45, 7) is 0. The Hall–Kier alpha value is -1.15. The molecule has 5 nitrogen and oxygen atoms in total. The van der Waals surface area contributed by atoms with Crippen LogP contribution in [0.1, 0.15) is 12.0 Å². The molecule has 0 bridgehead atoms. The highest BCUT2D eigenvalue weighted by atomic mass is 35.7. The molecule has 15 heavy (non-hydrogen) atoms. The average Bonchev–Trinajstić information content (AvgIpc) is 2.05. The van der Waals surface area contributed by atoms with Crippen LogP contribution in [0.2, 0.25) is 0 Å². The molecule has 0 amide bonds. The van der Waals surface area contributed by atoms with Crippen LogP contribution < -0.4 is 11.5 Å². The maximum absolute atomic E-state index is 12.5. The zero-order valence-corrected chi connectivity index (χ0v) is 8.69. The van der Waals surface area contributed by atoms with E-state index in [1.165, 1.54) is 0 Å². The van der Waals surface area contributed by atoms with Crippen molar-refractivity contribution in [2.75, 3.05) is 11.5 Å².